The highest BCUT2D eigenvalue weighted by Crippen LogP contribution is 2.15. The molecule has 0 aliphatic carbocycles. The smallest absolute Gasteiger partial charge is 0.305 e. The van der Waals surface area contributed by atoms with Crippen molar-refractivity contribution in [2.75, 3.05) is 13.7 Å². The van der Waals surface area contributed by atoms with Crippen LogP contribution < -0.4 is 5.32 Å². The van der Waals surface area contributed by atoms with Crippen LogP contribution in [0.2, 0.25) is 0 Å². The van der Waals surface area contributed by atoms with Gasteiger partial charge in [0.25, 0.3) is 0 Å². The van der Waals surface area contributed by atoms with Crippen LogP contribution in [0.25, 0.3) is 0 Å². The monoisotopic (exact) mass is 321 g/mol. The minimum absolute atomic E-state index is 0.121. The van der Waals surface area contributed by atoms with Crippen LogP contribution in [0.5, 0.6) is 0 Å². The lowest BCUT2D eigenvalue weighted by Gasteiger charge is -2.20. The zero-order valence-corrected chi connectivity index (χ0v) is 14.0. The number of hydrogen-bond donors (Lipinski definition) is 2. The fourth-order valence-electron chi connectivity index (χ4n) is 2.31. The lowest BCUT2D eigenvalue weighted by atomic mass is 10.0. The van der Waals surface area contributed by atoms with Crippen LogP contribution in [-0.4, -0.2) is 36.6 Å². The number of ether oxygens (including phenoxy) is 1. The van der Waals surface area contributed by atoms with Crippen LogP contribution in [-0.2, 0) is 14.3 Å². The van der Waals surface area contributed by atoms with E-state index in [9.17, 15) is 14.7 Å². The Kier molecular flexibility index (Phi) is 9.17. The van der Waals surface area contributed by atoms with E-state index in [1.807, 2.05) is 37.3 Å². The highest BCUT2D eigenvalue weighted by atomic mass is 16.5. The SMILES string of the molecule is COC(=O)CCCCC(=O)CCNC(C)C(O)c1ccccc1. The molecular weight excluding hydrogens is 294 g/mol. The standard InChI is InChI=1S/C18H27NO4/c1-14(18(22)15-8-4-3-5-9-15)19-13-12-16(20)10-6-7-11-17(21)23-2/h3-5,8-9,14,18-19,22H,6-7,10-13H2,1-2H3. The van der Waals surface area contributed by atoms with E-state index in [1.165, 1.54) is 7.11 Å². The average Bonchev–Trinajstić information content (AvgIpc) is 2.58. The van der Waals surface area contributed by atoms with Gasteiger partial charge < -0.3 is 15.2 Å². The number of benzene rings is 1. The first kappa shape index (κ1) is 19.3. The largest absolute Gasteiger partial charge is 0.469 e. The zero-order valence-electron chi connectivity index (χ0n) is 14.0. The normalized spacial score (nSPS) is 13.3. The topological polar surface area (TPSA) is 75.6 Å². The van der Waals surface area contributed by atoms with Gasteiger partial charge in [-0.15, -0.1) is 0 Å². The molecule has 0 spiro atoms. The summed E-state index contributed by atoms with van der Waals surface area (Å²) >= 11 is 0. The second kappa shape index (κ2) is 10.9. The Balaban J connectivity index is 2.15. The van der Waals surface area contributed by atoms with Gasteiger partial charge in [0, 0.05) is 31.8 Å². The fraction of sp³-hybridized carbons (Fsp3) is 0.556. The predicted octanol–water partition coefficient (Wildman–Crippen LogP) is 2.39. The van der Waals surface area contributed by atoms with Crippen molar-refractivity contribution in [3.8, 4) is 0 Å². The number of esters is 1. The summed E-state index contributed by atoms with van der Waals surface area (Å²) < 4.78 is 4.55. The van der Waals surface area contributed by atoms with E-state index < -0.39 is 6.10 Å². The minimum Gasteiger partial charge on any atom is -0.469 e. The molecule has 0 aliphatic heterocycles. The molecule has 1 aromatic carbocycles. The van der Waals surface area contributed by atoms with Crippen molar-refractivity contribution in [1.82, 2.24) is 5.32 Å². The van der Waals surface area contributed by atoms with Crippen LogP contribution in [0.15, 0.2) is 30.3 Å². The number of Topliss-reactive ketones (excluding diaryl/α,β-unsaturated/α-hetero) is 1. The number of nitrogens with one attached hydrogen (secondary N) is 1. The maximum atomic E-state index is 11.8. The van der Waals surface area contributed by atoms with Crippen molar-refractivity contribution in [3.63, 3.8) is 0 Å². The summed E-state index contributed by atoms with van der Waals surface area (Å²) in [5.74, 6) is -0.0633. The van der Waals surface area contributed by atoms with Gasteiger partial charge in [0.1, 0.15) is 5.78 Å². The van der Waals surface area contributed by atoms with E-state index in [2.05, 4.69) is 10.1 Å². The number of rotatable bonds is 11. The van der Waals surface area contributed by atoms with Gasteiger partial charge in [-0.05, 0) is 25.3 Å². The molecule has 23 heavy (non-hydrogen) atoms. The van der Waals surface area contributed by atoms with Crippen LogP contribution in [0, 0.1) is 0 Å². The molecule has 1 aromatic rings. The highest BCUT2D eigenvalue weighted by Gasteiger charge is 2.15. The lowest BCUT2D eigenvalue weighted by molar-refractivity contribution is -0.140. The summed E-state index contributed by atoms with van der Waals surface area (Å²) in [6.07, 6.45) is 2.07. The van der Waals surface area contributed by atoms with Gasteiger partial charge in [-0.25, -0.2) is 0 Å². The number of carbonyl (C=O) groups excluding carboxylic acids is 2. The Morgan fingerprint density at radius 3 is 2.43 bits per heavy atom. The van der Waals surface area contributed by atoms with Crippen molar-refractivity contribution >= 4 is 11.8 Å². The van der Waals surface area contributed by atoms with Crippen molar-refractivity contribution in [1.29, 1.82) is 0 Å². The van der Waals surface area contributed by atoms with Gasteiger partial charge in [0.05, 0.1) is 13.2 Å². The zero-order chi connectivity index (χ0) is 17.1. The third kappa shape index (κ3) is 7.90. The number of methoxy groups -OCH3 is 1. The molecule has 0 aliphatic rings. The minimum atomic E-state index is -0.591. The van der Waals surface area contributed by atoms with Crippen LogP contribution >= 0.6 is 0 Å². The van der Waals surface area contributed by atoms with E-state index >= 15 is 0 Å². The third-order valence-corrected chi connectivity index (χ3v) is 3.80. The summed E-state index contributed by atoms with van der Waals surface area (Å²) in [6.45, 7) is 2.44. The molecule has 0 aromatic heterocycles. The number of aliphatic hydroxyl groups is 1. The maximum absolute atomic E-state index is 11.8. The van der Waals surface area contributed by atoms with Gasteiger partial charge in [-0.1, -0.05) is 30.3 Å². The molecule has 0 bridgehead atoms. The van der Waals surface area contributed by atoms with Gasteiger partial charge in [-0.3, -0.25) is 9.59 Å². The molecular formula is C18H27NO4. The molecule has 0 heterocycles. The summed E-state index contributed by atoms with van der Waals surface area (Å²) in [6, 6.07) is 9.34. The van der Waals surface area contributed by atoms with Crippen molar-refractivity contribution in [3.05, 3.63) is 35.9 Å². The first-order chi connectivity index (χ1) is 11.0. The summed E-state index contributed by atoms with van der Waals surface area (Å²) in [5.41, 5.74) is 0.863. The molecule has 0 saturated carbocycles. The molecule has 0 saturated heterocycles. The van der Waals surface area contributed by atoms with E-state index in [-0.39, 0.29) is 17.8 Å². The van der Waals surface area contributed by atoms with Crippen molar-refractivity contribution < 1.29 is 19.4 Å². The molecule has 0 radical (unpaired) electrons. The first-order valence-electron chi connectivity index (χ1n) is 8.09. The Labute approximate surface area is 138 Å². The lowest BCUT2D eigenvalue weighted by Crippen LogP contribution is -2.33. The number of hydrogen-bond acceptors (Lipinski definition) is 5. The van der Waals surface area contributed by atoms with Crippen molar-refractivity contribution in [2.24, 2.45) is 0 Å². The second-order valence-corrected chi connectivity index (χ2v) is 5.67. The Morgan fingerprint density at radius 2 is 1.78 bits per heavy atom. The summed E-state index contributed by atoms with van der Waals surface area (Å²) in [4.78, 5) is 22.7. The van der Waals surface area contributed by atoms with Crippen LogP contribution in [0.4, 0.5) is 0 Å². The molecule has 2 N–H and O–H groups in total. The molecule has 2 atom stereocenters. The van der Waals surface area contributed by atoms with E-state index in [1.54, 1.807) is 0 Å². The van der Waals surface area contributed by atoms with E-state index in [0.29, 0.717) is 38.6 Å². The van der Waals surface area contributed by atoms with E-state index in [0.717, 1.165) is 5.56 Å². The second-order valence-electron chi connectivity index (χ2n) is 5.67. The number of carbonyl (C=O) groups is 2. The highest BCUT2D eigenvalue weighted by molar-refractivity contribution is 5.78. The molecule has 0 amide bonds. The molecule has 5 nitrogen and oxygen atoms in total. The fourth-order valence-corrected chi connectivity index (χ4v) is 2.31. The number of unbranched alkanes of at least 4 members (excludes halogenated alkanes) is 1. The van der Waals surface area contributed by atoms with Crippen LogP contribution in [0.1, 0.15) is 50.7 Å². The summed E-state index contributed by atoms with van der Waals surface area (Å²) in [5, 5.41) is 13.4. The predicted molar refractivity (Wildman–Crippen MR) is 89.0 cm³/mol. The molecule has 0 fully saturated rings. The molecule has 128 valence electrons. The Hall–Kier alpha value is -1.72. The van der Waals surface area contributed by atoms with Gasteiger partial charge >= 0.3 is 5.97 Å². The van der Waals surface area contributed by atoms with Gasteiger partial charge in [0.15, 0.2) is 0 Å². The van der Waals surface area contributed by atoms with E-state index in [4.69, 9.17) is 0 Å². The number of ketones is 1. The molecule has 5 heteroatoms. The summed E-state index contributed by atoms with van der Waals surface area (Å²) in [7, 11) is 1.37. The molecule has 1 rings (SSSR count). The molecule has 2 unspecified atom stereocenters. The maximum Gasteiger partial charge on any atom is 0.305 e. The Bertz CT molecular complexity index is 475. The van der Waals surface area contributed by atoms with Gasteiger partial charge in [0.2, 0.25) is 0 Å². The van der Waals surface area contributed by atoms with Crippen LogP contribution in [0.3, 0.4) is 0 Å². The van der Waals surface area contributed by atoms with Gasteiger partial charge in [-0.2, -0.15) is 0 Å². The first-order valence-corrected chi connectivity index (χ1v) is 8.09. The van der Waals surface area contributed by atoms with Crippen molar-refractivity contribution in [2.45, 2.75) is 51.2 Å². The quantitative estimate of drug-likeness (QED) is 0.483. The average molecular weight is 321 g/mol. The third-order valence-electron chi connectivity index (χ3n) is 3.80. The number of aliphatic hydroxyl groups excluding tert-OH is 1. The Morgan fingerprint density at radius 1 is 1.13 bits per heavy atom.